The van der Waals surface area contributed by atoms with Crippen molar-refractivity contribution < 1.29 is 44.0 Å². The summed E-state index contributed by atoms with van der Waals surface area (Å²) in [7, 11) is 0. The van der Waals surface area contributed by atoms with Gasteiger partial charge in [-0.25, -0.2) is 0 Å². The summed E-state index contributed by atoms with van der Waals surface area (Å²) < 4.78 is 11.2. The highest BCUT2D eigenvalue weighted by atomic mass is 16.7. The summed E-state index contributed by atoms with van der Waals surface area (Å²) in [6, 6.07) is -1.05. The molecule has 166 valence electrons. The number of ether oxygens (including phenoxy) is 2. The molecular weight excluding hydrogens is 390 g/mol. The van der Waals surface area contributed by atoms with Gasteiger partial charge < -0.3 is 40.7 Å². The maximum absolute atomic E-state index is 11.7. The standard InChI is InChI=1S/C17H29N3O9/c1-9(21)18-8-12(23)19-7-11-15(26)16(27)14(20-10(2)22)17(29-11)28-6-4-3-5-13(24)25/h11,14-17,26-27H,3-8H2,1-2H3,(H,18,21)(H,19,23)(H,20,22)(H,24,25). The lowest BCUT2D eigenvalue weighted by atomic mass is 9.96. The van der Waals surface area contributed by atoms with Crippen molar-refractivity contribution in [3.63, 3.8) is 0 Å². The molecule has 0 aromatic rings. The van der Waals surface area contributed by atoms with Crippen molar-refractivity contribution in [3.05, 3.63) is 0 Å². The Morgan fingerprint density at radius 1 is 1.00 bits per heavy atom. The fraction of sp³-hybridized carbons (Fsp3) is 0.765. The normalized spacial score (nSPS) is 26.4. The van der Waals surface area contributed by atoms with Crippen molar-refractivity contribution in [3.8, 4) is 0 Å². The molecule has 3 amide bonds. The lowest BCUT2D eigenvalue weighted by Gasteiger charge is -2.42. The number of carbonyl (C=O) groups is 4. The van der Waals surface area contributed by atoms with Crippen LogP contribution in [-0.2, 0) is 28.7 Å². The number of carbonyl (C=O) groups excluding carboxylic acids is 3. The van der Waals surface area contributed by atoms with Gasteiger partial charge >= 0.3 is 5.97 Å². The largest absolute Gasteiger partial charge is 0.481 e. The van der Waals surface area contributed by atoms with Gasteiger partial charge in [0, 0.05) is 33.4 Å². The Morgan fingerprint density at radius 3 is 2.28 bits per heavy atom. The van der Waals surface area contributed by atoms with Crippen LogP contribution in [0.5, 0.6) is 0 Å². The Labute approximate surface area is 167 Å². The molecule has 12 heteroatoms. The Morgan fingerprint density at radius 2 is 1.69 bits per heavy atom. The molecule has 0 aliphatic carbocycles. The number of hydrogen-bond donors (Lipinski definition) is 6. The number of hydrogen-bond acceptors (Lipinski definition) is 8. The SMILES string of the molecule is CC(=O)NCC(=O)NCC1OC(OCCCCC(=O)O)C(NC(C)=O)C(O)C1O. The summed E-state index contributed by atoms with van der Waals surface area (Å²) in [6.07, 6.45) is -4.21. The van der Waals surface area contributed by atoms with Crippen LogP contribution in [0, 0.1) is 0 Å². The molecule has 1 aliphatic rings. The quantitative estimate of drug-likeness (QED) is 0.196. The minimum atomic E-state index is -1.42. The molecule has 0 aromatic heterocycles. The number of aliphatic hydroxyl groups excluding tert-OH is 2. The molecule has 0 bridgehead atoms. The average molecular weight is 419 g/mol. The molecule has 29 heavy (non-hydrogen) atoms. The third kappa shape index (κ3) is 9.17. The molecule has 1 fully saturated rings. The zero-order chi connectivity index (χ0) is 22.0. The van der Waals surface area contributed by atoms with Crippen LogP contribution >= 0.6 is 0 Å². The molecule has 1 aliphatic heterocycles. The average Bonchev–Trinajstić information content (AvgIpc) is 2.63. The van der Waals surface area contributed by atoms with Gasteiger partial charge in [0.25, 0.3) is 0 Å². The van der Waals surface area contributed by atoms with E-state index in [1.807, 2.05) is 0 Å². The molecule has 0 aromatic carbocycles. The lowest BCUT2D eigenvalue weighted by molar-refractivity contribution is -0.263. The molecule has 0 saturated carbocycles. The highest BCUT2D eigenvalue weighted by molar-refractivity contribution is 5.83. The maximum Gasteiger partial charge on any atom is 0.303 e. The first-order chi connectivity index (χ1) is 13.6. The van der Waals surface area contributed by atoms with E-state index in [0.717, 1.165) is 0 Å². The van der Waals surface area contributed by atoms with Gasteiger partial charge in [0.1, 0.15) is 24.4 Å². The maximum atomic E-state index is 11.7. The monoisotopic (exact) mass is 419 g/mol. The van der Waals surface area contributed by atoms with Crippen LogP contribution in [0.1, 0.15) is 33.1 Å². The van der Waals surface area contributed by atoms with Crippen LogP contribution in [-0.4, -0.2) is 89.4 Å². The van der Waals surface area contributed by atoms with E-state index in [-0.39, 0.29) is 32.0 Å². The summed E-state index contributed by atoms with van der Waals surface area (Å²) in [5.74, 6) is -2.28. The highest BCUT2D eigenvalue weighted by Gasteiger charge is 2.45. The second-order valence-corrected chi connectivity index (χ2v) is 6.69. The van der Waals surface area contributed by atoms with Crippen molar-refractivity contribution >= 4 is 23.7 Å². The van der Waals surface area contributed by atoms with Crippen LogP contribution in [0.25, 0.3) is 0 Å². The van der Waals surface area contributed by atoms with Crippen molar-refractivity contribution in [1.29, 1.82) is 0 Å². The van der Waals surface area contributed by atoms with E-state index in [9.17, 15) is 29.4 Å². The van der Waals surface area contributed by atoms with E-state index in [2.05, 4.69) is 16.0 Å². The first-order valence-corrected chi connectivity index (χ1v) is 9.25. The smallest absolute Gasteiger partial charge is 0.303 e. The third-order valence-corrected chi connectivity index (χ3v) is 4.14. The van der Waals surface area contributed by atoms with Gasteiger partial charge in [-0.05, 0) is 12.8 Å². The summed E-state index contributed by atoms with van der Waals surface area (Å²) >= 11 is 0. The summed E-state index contributed by atoms with van der Waals surface area (Å²) in [5, 5.41) is 36.5. The second-order valence-electron chi connectivity index (χ2n) is 6.69. The first kappa shape index (κ1) is 24.8. The minimum Gasteiger partial charge on any atom is -0.481 e. The van der Waals surface area contributed by atoms with Gasteiger partial charge in [-0.1, -0.05) is 0 Å². The molecule has 6 N–H and O–H groups in total. The Kier molecular flexibility index (Phi) is 10.5. The Hall–Kier alpha value is -2.28. The van der Waals surface area contributed by atoms with Crippen molar-refractivity contribution in [1.82, 2.24) is 16.0 Å². The molecule has 12 nitrogen and oxygen atoms in total. The fourth-order valence-electron chi connectivity index (χ4n) is 2.69. The zero-order valence-corrected chi connectivity index (χ0v) is 16.4. The molecular formula is C17H29N3O9. The van der Waals surface area contributed by atoms with Crippen molar-refractivity contribution in [2.75, 3.05) is 19.7 Å². The number of carboxylic acids is 1. The number of aliphatic hydroxyl groups is 2. The van der Waals surface area contributed by atoms with E-state index in [0.29, 0.717) is 12.8 Å². The van der Waals surface area contributed by atoms with Gasteiger partial charge in [0.15, 0.2) is 6.29 Å². The fourth-order valence-corrected chi connectivity index (χ4v) is 2.69. The van der Waals surface area contributed by atoms with Crippen LogP contribution < -0.4 is 16.0 Å². The minimum absolute atomic E-state index is 0.0195. The predicted octanol–water partition coefficient (Wildman–Crippen LogP) is -2.54. The molecule has 1 saturated heterocycles. The van der Waals surface area contributed by atoms with Crippen LogP contribution in [0.2, 0.25) is 0 Å². The van der Waals surface area contributed by atoms with Gasteiger partial charge in [-0.3, -0.25) is 19.2 Å². The zero-order valence-electron chi connectivity index (χ0n) is 16.4. The number of unbranched alkanes of at least 4 members (excludes halogenated alkanes) is 1. The van der Waals surface area contributed by atoms with Gasteiger partial charge in [0.05, 0.1) is 6.54 Å². The van der Waals surface area contributed by atoms with Crippen LogP contribution in [0.3, 0.4) is 0 Å². The summed E-state index contributed by atoms with van der Waals surface area (Å²) in [5.41, 5.74) is 0. The van der Waals surface area contributed by atoms with E-state index < -0.39 is 48.4 Å². The lowest BCUT2D eigenvalue weighted by Crippen LogP contribution is -2.65. The summed E-state index contributed by atoms with van der Waals surface area (Å²) in [6.45, 7) is 2.19. The number of nitrogens with one attached hydrogen (secondary N) is 3. The van der Waals surface area contributed by atoms with Crippen LogP contribution in [0.4, 0.5) is 0 Å². The molecule has 1 rings (SSSR count). The Balaban J connectivity index is 2.65. The van der Waals surface area contributed by atoms with Gasteiger partial charge in [-0.2, -0.15) is 0 Å². The van der Waals surface area contributed by atoms with Crippen LogP contribution in [0.15, 0.2) is 0 Å². The Bertz CT molecular complexity index is 586. The second kappa shape index (κ2) is 12.3. The number of carboxylic acid groups (broad SMARTS) is 1. The van der Waals surface area contributed by atoms with E-state index >= 15 is 0 Å². The van der Waals surface area contributed by atoms with E-state index in [4.69, 9.17) is 14.6 Å². The predicted molar refractivity (Wildman–Crippen MR) is 97.4 cm³/mol. The molecule has 0 radical (unpaired) electrons. The van der Waals surface area contributed by atoms with Gasteiger partial charge in [-0.15, -0.1) is 0 Å². The summed E-state index contributed by atoms with van der Waals surface area (Å²) in [4.78, 5) is 44.5. The van der Waals surface area contributed by atoms with Crippen molar-refractivity contribution in [2.24, 2.45) is 0 Å². The van der Waals surface area contributed by atoms with E-state index in [1.165, 1.54) is 13.8 Å². The molecule has 5 unspecified atom stereocenters. The van der Waals surface area contributed by atoms with Gasteiger partial charge in [0.2, 0.25) is 17.7 Å². The topological polar surface area (TPSA) is 184 Å². The molecule has 5 atom stereocenters. The molecule has 1 heterocycles. The van der Waals surface area contributed by atoms with E-state index in [1.54, 1.807) is 0 Å². The first-order valence-electron chi connectivity index (χ1n) is 9.25. The number of amides is 3. The highest BCUT2D eigenvalue weighted by Crippen LogP contribution is 2.22. The number of aliphatic carboxylic acids is 1. The van der Waals surface area contributed by atoms with Crippen molar-refractivity contribution in [2.45, 2.75) is 63.8 Å². The third-order valence-electron chi connectivity index (χ3n) is 4.14. The molecule has 0 spiro atoms. The number of rotatable bonds is 11.